The molecule has 13 heteroatoms. The van der Waals surface area contributed by atoms with Gasteiger partial charge in [-0.05, 0) is 57.0 Å². The smallest absolute Gasteiger partial charge is 0.416 e. The Morgan fingerprint density at radius 1 is 1.09 bits per heavy atom. The Bertz CT molecular complexity index is 1630. The molecule has 44 heavy (non-hydrogen) atoms. The summed E-state index contributed by atoms with van der Waals surface area (Å²) in [4.78, 5) is 16.0. The van der Waals surface area contributed by atoms with Gasteiger partial charge in [-0.25, -0.2) is 9.98 Å². The lowest BCUT2D eigenvalue weighted by molar-refractivity contribution is -0.137. The van der Waals surface area contributed by atoms with Gasteiger partial charge >= 0.3 is 6.18 Å². The highest BCUT2D eigenvalue weighted by molar-refractivity contribution is 6.37. The Morgan fingerprint density at radius 3 is 2.50 bits per heavy atom. The number of aromatic amines is 2. The Morgan fingerprint density at radius 2 is 1.84 bits per heavy atom. The molecule has 0 spiro atoms. The molecule has 0 saturated carbocycles. The van der Waals surface area contributed by atoms with Gasteiger partial charge in [-0.15, -0.1) is 0 Å². The number of aliphatic imine (C=N–C) groups is 2. The monoisotopic (exact) mass is 628 g/mol. The molecule has 0 amide bonds. The van der Waals surface area contributed by atoms with Gasteiger partial charge in [0.25, 0.3) is 0 Å². The van der Waals surface area contributed by atoms with E-state index in [1.165, 1.54) is 12.1 Å². The molecule has 0 radical (unpaired) electrons. The minimum atomic E-state index is -4.40. The van der Waals surface area contributed by atoms with E-state index >= 15 is 0 Å². The van der Waals surface area contributed by atoms with Crippen molar-refractivity contribution >= 4 is 46.6 Å². The molecule has 4 aromatic rings. The van der Waals surface area contributed by atoms with Gasteiger partial charge in [-0.2, -0.15) is 18.3 Å². The zero-order valence-corrected chi connectivity index (χ0v) is 25.9. The van der Waals surface area contributed by atoms with Crippen LogP contribution in [0.1, 0.15) is 30.8 Å². The third kappa shape index (κ3) is 7.93. The average Bonchev–Trinajstić information content (AvgIpc) is 3.62. The summed E-state index contributed by atoms with van der Waals surface area (Å²) in [5, 5.41) is 11.5. The Labute approximate surface area is 259 Å². The number of H-pyrrole nitrogens is 2. The fourth-order valence-corrected chi connectivity index (χ4v) is 5.01. The Kier molecular flexibility index (Phi) is 10.6. The second-order valence-electron chi connectivity index (χ2n) is 9.85. The minimum Gasteiger partial charge on any atom is -0.470 e. The minimum absolute atomic E-state index is 0.0275. The first-order valence-electron chi connectivity index (χ1n) is 14.2. The van der Waals surface area contributed by atoms with Crippen LogP contribution in [0.3, 0.4) is 0 Å². The van der Waals surface area contributed by atoms with E-state index in [1.807, 2.05) is 55.7 Å². The van der Waals surface area contributed by atoms with Gasteiger partial charge in [0.1, 0.15) is 17.4 Å². The second kappa shape index (κ2) is 14.3. The van der Waals surface area contributed by atoms with Crippen LogP contribution in [-0.2, 0) is 6.18 Å². The molecule has 3 N–H and O–H groups in total. The van der Waals surface area contributed by atoms with E-state index in [1.54, 1.807) is 18.2 Å². The van der Waals surface area contributed by atoms with E-state index in [9.17, 15) is 13.2 Å². The number of benzene rings is 2. The van der Waals surface area contributed by atoms with Gasteiger partial charge in [0.2, 0.25) is 0 Å². The molecule has 0 atom stereocenters. The van der Waals surface area contributed by atoms with Crippen LogP contribution in [0.4, 0.5) is 24.7 Å². The summed E-state index contributed by atoms with van der Waals surface area (Å²) in [5.41, 5.74) is 2.63. The van der Waals surface area contributed by atoms with Crippen molar-refractivity contribution in [3.05, 3.63) is 82.4 Å². The maximum Gasteiger partial charge on any atom is 0.416 e. The fourth-order valence-electron chi connectivity index (χ4n) is 4.73. The number of halogens is 4. The quantitative estimate of drug-likeness (QED) is 0.139. The SMILES string of the molecule is C=N/C(=C\C(=N/COc1ccc2[nH]c(C)cc2c1Cl)N1CCN(c2cccc(C(F)(F)F)c2)CC1)Nc1cc(C)[nH]n1.CC. The van der Waals surface area contributed by atoms with Gasteiger partial charge in [0.15, 0.2) is 12.5 Å². The summed E-state index contributed by atoms with van der Waals surface area (Å²) in [6.45, 7) is 13.5. The van der Waals surface area contributed by atoms with Crippen molar-refractivity contribution in [2.75, 3.05) is 43.1 Å². The molecule has 1 aliphatic rings. The molecule has 234 valence electrons. The van der Waals surface area contributed by atoms with Gasteiger partial charge in [0.05, 0.1) is 10.6 Å². The lowest BCUT2D eigenvalue weighted by Gasteiger charge is -2.37. The van der Waals surface area contributed by atoms with Crippen molar-refractivity contribution in [2.24, 2.45) is 9.98 Å². The van der Waals surface area contributed by atoms with Crippen LogP contribution in [0.2, 0.25) is 5.02 Å². The van der Waals surface area contributed by atoms with E-state index in [0.29, 0.717) is 60.1 Å². The number of piperazine rings is 1. The van der Waals surface area contributed by atoms with Crippen molar-refractivity contribution in [1.29, 1.82) is 0 Å². The number of nitrogens with one attached hydrogen (secondary N) is 3. The maximum absolute atomic E-state index is 13.3. The van der Waals surface area contributed by atoms with Crippen molar-refractivity contribution in [2.45, 2.75) is 33.9 Å². The predicted molar refractivity (Wildman–Crippen MR) is 172 cm³/mol. The number of anilines is 2. The van der Waals surface area contributed by atoms with Crippen LogP contribution >= 0.6 is 11.6 Å². The fraction of sp³-hybridized carbons (Fsp3) is 0.323. The maximum atomic E-state index is 13.3. The number of hydrogen-bond donors (Lipinski definition) is 3. The van der Waals surface area contributed by atoms with Crippen LogP contribution in [0.25, 0.3) is 10.9 Å². The van der Waals surface area contributed by atoms with Crippen molar-refractivity contribution in [3.63, 3.8) is 0 Å². The molecule has 2 aromatic heterocycles. The third-order valence-corrected chi connectivity index (χ3v) is 7.21. The molecule has 1 saturated heterocycles. The molecule has 0 bridgehead atoms. The standard InChI is InChI=1S/C29H30ClF3N8O.C2H6/c1-18-13-22-23(36-18)7-8-24(28(22)30)42-17-35-27(16-25(34-3)37-26-14-19(2)38-39-26)41-11-9-40(10-12-41)21-6-4-5-20(15-21)29(31,32)33;1-2/h4-8,13-16,36H,3,9-12,17H2,1-2H3,(H2,37,38,39);1-2H3/b25-16+,35-27+;. The molecule has 0 unspecified atom stereocenters. The van der Waals surface area contributed by atoms with E-state index < -0.39 is 11.7 Å². The molecule has 9 nitrogen and oxygen atoms in total. The van der Waals surface area contributed by atoms with Crippen molar-refractivity contribution in [1.82, 2.24) is 20.1 Å². The molecule has 5 rings (SSSR count). The molecule has 3 heterocycles. The van der Waals surface area contributed by atoms with Gasteiger partial charge in [-0.3, -0.25) is 5.10 Å². The lowest BCUT2D eigenvalue weighted by Crippen LogP contribution is -2.48. The molecule has 1 fully saturated rings. The summed E-state index contributed by atoms with van der Waals surface area (Å²) in [6, 6.07) is 12.8. The first-order chi connectivity index (χ1) is 21.1. The molecule has 1 aliphatic heterocycles. The van der Waals surface area contributed by atoms with E-state index in [0.717, 1.165) is 28.4 Å². The number of nitrogens with zero attached hydrogens (tertiary/aromatic N) is 5. The third-order valence-electron chi connectivity index (χ3n) is 6.82. The van der Waals surface area contributed by atoms with Crippen LogP contribution in [0.5, 0.6) is 5.75 Å². The lowest BCUT2D eigenvalue weighted by atomic mass is 10.1. The number of rotatable bonds is 8. The highest BCUT2D eigenvalue weighted by atomic mass is 35.5. The summed E-state index contributed by atoms with van der Waals surface area (Å²) in [7, 11) is 0. The Hall–Kier alpha value is -4.45. The highest BCUT2D eigenvalue weighted by Crippen LogP contribution is 2.34. The zero-order chi connectivity index (χ0) is 31.9. The Balaban J connectivity index is 0.00000216. The van der Waals surface area contributed by atoms with Gasteiger partial charge in [-0.1, -0.05) is 31.5 Å². The van der Waals surface area contributed by atoms with Crippen LogP contribution in [-0.4, -0.2) is 65.5 Å². The van der Waals surface area contributed by atoms with Crippen molar-refractivity contribution < 1.29 is 17.9 Å². The predicted octanol–water partition coefficient (Wildman–Crippen LogP) is 7.42. The molecular formula is C31H36ClF3N8O. The number of amidine groups is 1. The zero-order valence-electron chi connectivity index (χ0n) is 25.1. The number of hydrogen-bond acceptors (Lipinski definition) is 6. The normalized spacial score (nSPS) is 14.4. The molecule has 0 aliphatic carbocycles. The second-order valence-corrected chi connectivity index (χ2v) is 10.2. The number of ether oxygens (including phenoxy) is 1. The number of fused-ring (bicyclic) bond motifs is 1. The van der Waals surface area contributed by atoms with Gasteiger partial charge in [0, 0.05) is 66.3 Å². The topological polar surface area (TPSA) is 96.9 Å². The number of alkyl halides is 3. The summed E-state index contributed by atoms with van der Waals surface area (Å²) in [5.74, 6) is 2.05. The number of aromatic nitrogens is 3. The summed E-state index contributed by atoms with van der Waals surface area (Å²) in [6.07, 6.45) is -2.66. The first-order valence-corrected chi connectivity index (χ1v) is 14.6. The van der Waals surface area contributed by atoms with Gasteiger partial charge < -0.3 is 24.8 Å². The average molecular weight is 629 g/mol. The van der Waals surface area contributed by atoms with Crippen LogP contribution in [0, 0.1) is 13.8 Å². The molecular weight excluding hydrogens is 593 g/mol. The van der Waals surface area contributed by atoms with Crippen molar-refractivity contribution in [3.8, 4) is 5.75 Å². The number of aryl methyl sites for hydroxylation is 2. The van der Waals surface area contributed by atoms with Crippen LogP contribution in [0.15, 0.2) is 70.4 Å². The highest BCUT2D eigenvalue weighted by Gasteiger charge is 2.31. The summed E-state index contributed by atoms with van der Waals surface area (Å²) >= 11 is 6.60. The van der Waals surface area contributed by atoms with E-state index in [2.05, 4.69) is 32.2 Å². The van der Waals surface area contributed by atoms with E-state index in [4.69, 9.17) is 21.3 Å². The summed E-state index contributed by atoms with van der Waals surface area (Å²) < 4.78 is 45.7. The largest absolute Gasteiger partial charge is 0.470 e. The van der Waals surface area contributed by atoms with E-state index in [-0.39, 0.29) is 6.73 Å². The first kappa shape index (κ1) is 32.5. The van der Waals surface area contributed by atoms with Crippen LogP contribution < -0.4 is 15.0 Å². The molecule has 2 aromatic carbocycles.